The SMILES string of the molecule is CCC(C)=O.CCCCC.O=P(O)(O)O. The summed E-state index contributed by atoms with van der Waals surface area (Å²) in [4.78, 5) is 31.4. The van der Waals surface area contributed by atoms with Crippen LogP contribution in [0.3, 0.4) is 0 Å². The highest BCUT2D eigenvalue weighted by molar-refractivity contribution is 7.45. The van der Waals surface area contributed by atoms with Gasteiger partial charge in [0.05, 0.1) is 0 Å². The van der Waals surface area contributed by atoms with E-state index in [0.29, 0.717) is 6.42 Å². The second kappa shape index (κ2) is 13.8. The first-order valence-electron chi connectivity index (χ1n) is 4.96. The minimum absolute atomic E-state index is 0.255. The van der Waals surface area contributed by atoms with Crippen LogP contribution in [-0.4, -0.2) is 20.5 Å². The van der Waals surface area contributed by atoms with Gasteiger partial charge in [-0.2, -0.15) is 0 Å². The second-order valence-electron chi connectivity index (χ2n) is 2.92. The molecule has 0 heterocycles. The molecule has 0 aromatic heterocycles. The van der Waals surface area contributed by atoms with Crippen molar-refractivity contribution in [3.05, 3.63) is 0 Å². The smallest absolute Gasteiger partial charge is 0.303 e. The van der Waals surface area contributed by atoms with E-state index in [1.165, 1.54) is 19.3 Å². The summed E-state index contributed by atoms with van der Waals surface area (Å²) in [7, 11) is -4.64. The topological polar surface area (TPSA) is 94.8 Å². The van der Waals surface area contributed by atoms with Gasteiger partial charge in [0, 0.05) is 6.42 Å². The number of phosphoric acid groups is 1. The third-order valence-corrected chi connectivity index (χ3v) is 1.20. The lowest BCUT2D eigenvalue weighted by atomic mass is 10.3. The summed E-state index contributed by atoms with van der Waals surface area (Å²) in [5.74, 6) is 0.255. The lowest BCUT2D eigenvalue weighted by Gasteiger charge is -1.82. The molecule has 3 N–H and O–H groups in total. The quantitative estimate of drug-likeness (QED) is 0.660. The predicted octanol–water partition coefficient (Wildman–Crippen LogP) is 2.25. The average molecular weight is 242 g/mol. The number of ketones is 1. The summed E-state index contributed by atoms with van der Waals surface area (Å²) in [5, 5.41) is 0. The molecule has 0 aliphatic rings. The van der Waals surface area contributed by atoms with Crippen molar-refractivity contribution in [2.45, 2.75) is 53.4 Å². The Morgan fingerprint density at radius 3 is 1.27 bits per heavy atom. The molecule has 0 unspecified atom stereocenters. The number of rotatable bonds is 3. The highest BCUT2D eigenvalue weighted by Crippen LogP contribution is 2.25. The van der Waals surface area contributed by atoms with Gasteiger partial charge in [0.15, 0.2) is 0 Å². The molecule has 0 fully saturated rings. The zero-order valence-electron chi connectivity index (χ0n) is 9.93. The van der Waals surface area contributed by atoms with Crippen molar-refractivity contribution in [3.8, 4) is 0 Å². The van der Waals surface area contributed by atoms with Gasteiger partial charge in [-0.1, -0.05) is 40.0 Å². The molecule has 15 heavy (non-hydrogen) atoms. The fraction of sp³-hybridized carbons (Fsp3) is 0.889. The van der Waals surface area contributed by atoms with Crippen LogP contribution in [-0.2, 0) is 9.36 Å². The molecule has 0 aliphatic heterocycles. The number of hydrogen-bond acceptors (Lipinski definition) is 2. The van der Waals surface area contributed by atoms with Crippen LogP contribution < -0.4 is 0 Å². The lowest BCUT2D eigenvalue weighted by Crippen LogP contribution is -1.80. The maximum atomic E-state index is 9.81. The maximum absolute atomic E-state index is 9.81. The summed E-state index contributed by atoms with van der Waals surface area (Å²) >= 11 is 0. The van der Waals surface area contributed by atoms with Crippen LogP contribution >= 0.6 is 7.82 Å². The van der Waals surface area contributed by atoms with E-state index in [0.717, 1.165) is 0 Å². The van der Waals surface area contributed by atoms with Crippen LogP contribution in [0.25, 0.3) is 0 Å². The molecule has 6 heteroatoms. The van der Waals surface area contributed by atoms with Gasteiger partial charge in [-0.15, -0.1) is 0 Å². The van der Waals surface area contributed by atoms with E-state index in [-0.39, 0.29) is 5.78 Å². The zero-order chi connectivity index (χ0) is 12.9. The first-order valence-corrected chi connectivity index (χ1v) is 6.53. The largest absolute Gasteiger partial charge is 0.466 e. The van der Waals surface area contributed by atoms with E-state index in [9.17, 15) is 4.79 Å². The molecular weight excluding hydrogens is 219 g/mol. The number of carbonyl (C=O) groups is 1. The molecule has 0 bridgehead atoms. The number of unbranched alkanes of at least 4 members (excludes halogenated alkanes) is 2. The van der Waals surface area contributed by atoms with Crippen molar-refractivity contribution in [1.29, 1.82) is 0 Å². The average Bonchev–Trinajstić information content (AvgIpc) is 2.04. The highest BCUT2D eigenvalue weighted by atomic mass is 31.2. The predicted molar refractivity (Wildman–Crippen MR) is 60.4 cm³/mol. The lowest BCUT2D eigenvalue weighted by molar-refractivity contribution is -0.116. The van der Waals surface area contributed by atoms with E-state index in [1.54, 1.807) is 6.92 Å². The summed E-state index contributed by atoms with van der Waals surface area (Å²) in [5.41, 5.74) is 0. The van der Waals surface area contributed by atoms with Crippen LogP contribution in [0.15, 0.2) is 0 Å². The Morgan fingerprint density at radius 2 is 1.27 bits per heavy atom. The molecule has 0 rings (SSSR count). The molecule has 0 radical (unpaired) electrons. The fourth-order valence-electron chi connectivity index (χ4n) is 0.354. The molecule has 0 aromatic carbocycles. The van der Waals surface area contributed by atoms with Crippen LogP contribution in [0.2, 0.25) is 0 Å². The van der Waals surface area contributed by atoms with Crippen molar-refractivity contribution in [2.75, 3.05) is 0 Å². The van der Waals surface area contributed by atoms with Crippen LogP contribution in [0.1, 0.15) is 53.4 Å². The Labute approximate surface area is 91.8 Å². The third kappa shape index (κ3) is 134. The Hall–Kier alpha value is -0.220. The van der Waals surface area contributed by atoms with Gasteiger partial charge >= 0.3 is 7.82 Å². The minimum atomic E-state index is -4.64. The van der Waals surface area contributed by atoms with Gasteiger partial charge in [0.25, 0.3) is 0 Å². The summed E-state index contributed by atoms with van der Waals surface area (Å²) < 4.78 is 8.88. The summed E-state index contributed by atoms with van der Waals surface area (Å²) in [6.07, 6.45) is 4.74. The first-order chi connectivity index (χ1) is 6.68. The Kier molecular flexibility index (Phi) is 18.6. The monoisotopic (exact) mass is 242 g/mol. The number of hydrogen-bond donors (Lipinski definition) is 3. The van der Waals surface area contributed by atoms with E-state index in [1.807, 2.05) is 6.92 Å². The molecular formula is C9H23O5P. The summed E-state index contributed by atoms with van der Waals surface area (Å²) in [6.45, 7) is 7.86. The molecule has 0 aromatic rings. The van der Waals surface area contributed by atoms with Gasteiger partial charge in [0.2, 0.25) is 0 Å². The highest BCUT2D eigenvalue weighted by Gasteiger charge is 2.00. The van der Waals surface area contributed by atoms with E-state index >= 15 is 0 Å². The van der Waals surface area contributed by atoms with Crippen molar-refractivity contribution in [2.24, 2.45) is 0 Å². The molecule has 0 atom stereocenters. The van der Waals surface area contributed by atoms with E-state index in [4.69, 9.17) is 19.2 Å². The van der Waals surface area contributed by atoms with Crippen molar-refractivity contribution in [1.82, 2.24) is 0 Å². The molecule has 0 spiro atoms. The molecule has 0 aliphatic carbocycles. The zero-order valence-corrected chi connectivity index (χ0v) is 10.8. The molecule has 0 saturated heterocycles. The molecule has 0 amide bonds. The Morgan fingerprint density at radius 1 is 1.07 bits per heavy atom. The van der Waals surface area contributed by atoms with Crippen molar-refractivity contribution in [3.63, 3.8) is 0 Å². The van der Waals surface area contributed by atoms with Crippen LogP contribution in [0, 0.1) is 0 Å². The van der Waals surface area contributed by atoms with Gasteiger partial charge in [-0.25, -0.2) is 4.57 Å². The first kappa shape index (κ1) is 20.2. The van der Waals surface area contributed by atoms with Crippen LogP contribution in [0.4, 0.5) is 0 Å². The Balaban J connectivity index is -0.000000144. The fourth-order valence-corrected chi connectivity index (χ4v) is 0.354. The van der Waals surface area contributed by atoms with E-state index < -0.39 is 7.82 Å². The van der Waals surface area contributed by atoms with E-state index in [2.05, 4.69) is 13.8 Å². The second-order valence-corrected chi connectivity index (χ2v) is 3.95. The van der Waals surface area contributed by atoms with Gasteiger partial charge in [0.1, 0.15) is 5.78 Å². The standard InChI is InChI=1S/C5H12.C4H8O.H3O4P/c1-3-5-4-2;1-3-4(2)5;1-5(2,3)4/h3-5H2,1-2H3;3H2,1-2H3;(H3,1,2,3,4). The van der Waals surface area contributed by atoms with Crippen molar-refractivity contribution >= 4 is 13.6 Å². The molecule has 5 nitrogen and oxygen atoms in total. The normalized spacial score (nSPS) is 9.27. The number of carbonyl (C=O) groups excluding carboxylic acids is 1. The van der Waals surface area contributed by atoms with Gasteiger partial charge < -0.3 is 19.5 Å². The van der Waals surface area contributed by atoms with Crippen molar-refractivity contribution < 1.29 is 24.0 Å². The maximum Gasteiger partial charge on any atom is 0.466 e. The third-order valence-electron chi connectivity index (χ3n) is 1.20. The molecule has 94 valence electrons. The number of Topliss-reactive ketones (excluding diaryl/α,β-unsaturated/α-hetero) is 1. The minimum Gasteiger partial charge on any atom is -0.303 e. The van der Waals surface area contributed by atoms with Crippen LogP contribution in [0.5, 0.6) is 0 Å². The summed E-state index contributed by atoms with van der Waals surface area (Å²) in [6, 6.07) is 0. The Bertz CT molecular complexity index is 165. The van der Waals surface area contributed by atoms with Gasteiger partial charge in [-0.3, -0.25) is 0 Å². The molecule has 0 saturated carbocycles. The van der Waals surface area contributed by atoms with Gasteiger partial charge in [-0.05, 0) is 6.92 Å².